The van der Waals surface area contributed by atoms with Crippen molar-refractivity contribution in [1.29, 1.82) is 0 Å². The maximum atomic E-state index is 11.5. The van der Waals surface area contributed by atoms with Crippen molar-refractivity contribution in [3.8, 4) is 5.88 Å². The van der Waals surface area contributed by atoms with Gasteiger partial charge in [0.2, 0.25) is 5.88 Å². The zero-order valence-electron chi connectivity index (χ0n) is 12.1. The molecule has 2 rings (SSSR count). The fourth-order valence-electron chi connectivity index (χ4n) is 2.86. The Morgan fingerprint density at radius 2 is 2.35 bits per heavy atom. The molecule has 1 aliphatic heterocycles. The van der Waals surface area contributed by atoms with Crippen molar-refractivity contribution in [3.05, 3.63) is 23.9 Å². The number of pyridine rings is 1. The second-order valence-corrected chi connectivity index (χ2v) is 5.46. The van der Waals surface area contributed by atoms with Gasteiger partial charge in [0.05, 0.1) is 12.5 Å². The molecule has 1 aliphatic rings. The minimum absolute atomic E-state index is 0.585. The predicted molar refractivity (Wildman–Crippen MR) is 75.7 cm³/mol. The van der Waals surface area contributed by atoms with Crippen LogP contribution in [0.1, 0.15) is 31.7 Å². The molecule has 1 saturated heterocycles. The highest BCUT2D eigenvalue weighted by Crippen LogP contribution is 2.34. The van der Waals surface area contributed by atoms with Gasteiger partial charge in [-0.1, -0.05) is 13.0 Å². The number of piperidine rings is 1. The Morgan fingerprint density at radius 3 is 2.90 bits per heavy atom. The molecule has 1 unspecified atom stereocenters. The van der Waals surface area contributed by atoms with Gasteiger partial charge in [0.1, 0.15) is 0 Å². The fourth-order valence-corrected chi connectivity index (χ4v) is 2.86. The molecule has 110 valence electrons. The second kappa shape index (κ2) is 6.22. The molecule has 0 bridgehead atoms. The fraction of sp³-hybridized carbons (Fsp3) is 0.600. The number of rotatable bonds is 5. The molecule has 5 heteroatoms. The van der Waals surface area contributed by atoms with E-state index in [0.717, 1.165) is 31.5 Å². The Morgan fingerprint density at radius 1 is 1.55 bits per heavy atom. The summed E-state index contributed by atoms with van der Waals surface area (Å²) in [6.45, 7) is 4.27. The van der Waals surface area contributed by atoms with Gasteiger partial charge in [-0.3, -0.25) is 9.69 Å². The second-order valence-electron chi connectivity index (χ2n) is 5.46. The summed E-state index contributed by atoms with van der Waals surface area (Å²) in [5.74, 6) is -0.0709. The van der Waals surface area contributed by atoms with Crippen LogP contribution in [0.25, 0.3) is 0 Å². The number of carboxylic acid groups (broad SMARTS) is 1. The Labute approximate surface area is 119 Å². The molecule has 0 amide bonds. The summed E-state index contributed by atoms with van der Waals surface area (Å²) in [6, 6.07) is 3.82. The number of nitrogens with zero attached hydrogens (tertiary/aromatic N) is 2. The number of hydrogen-bond acceptors (Lipinski definition) is 4. The third kappa shape index (κ3) is 3.10. The monoisotopic (exact) mass is 278 g/mol. The van der Waals surface area contributed by atoms with Gasteiger partial charge in [0, 0.05) is 25.4 Å². The lowest BCUT2D eigenvalue weighted by atomic mass is 9.77. The number of carboxylic acids is 1. The van der Waals surface area contributed by atoms with Gasteiger partial charge in [-0.2, -0.15) is 0 Å². The van der Waals surface area contributed by atoms with E-state index >= 15 is 0 Å². The van der Waals surface area contributed by atoms with Gasteiger partial charge in [0.25, 0.3) is 0 Å². The zero-order valence-corrected chi connectivity index (χ0v) is 12.1. The van der Waals surface area contributed by atoms with E-state index in [1.165, 1.54) is 0 Å². The lowest BCUT2D eigenvalue weighted by molar-refractivity contribution is -0.153. The Hall–Kier alpha value is -1.62. The maximum Gasteiger partial charge on any atom is 0.310 e. The van der Waals surface area contributed by atoms with Crippen molar-refractivity contribution in [2.75, 3.05) is 20.2 Å². The van der Waals surface area contributed by atoms with E-state index in [1.807, 2.05) is 19.1 Å². The predicted octanol–water partition coefficient (Wildman–Crippen LogP) is 2.17. The quantitative estimate of drug-likeness (QED) is 0.894. The molecule has 1 aromatic rings. The molecule has 1 fully saturated rings. The third-order valence-corrected chi connectivity index (χ3v) is 4.20. The van der Waals surface area contributed by atoms with Gasteiger partial charge in [-0.05, 0) is 31.4 Å². The molecular weight excluding hydrogens is 256 g/mol. The standard InChI is InChI=1S/C15H22N2O3/c1-3-15(14(18)19)7-4-8-17(11-15)10-12-5-6-13(20-2)16-9-12/h5-6,9H,3-4,7-8,10-11H2,1-2H3,(H,18,19). The first kappa shape index (κ1) is 14.8. The van der Waals surface area contributed by atoms with Gasteiger partial charge in [0.15, 0.2) is 0 Å². The van der Waals surface area contributed by atoms with E-state index < -0.39 is 11.4 Å². The summed E-state index contributed by atoms with van der Waals surface area (Å²) < 4.78 is 5.04. The molecule has 0 radical (unpaired) electrons. The molecule has 2 heterocycles. The molecule has 1 atom stereocenters. The smallest absolute Gasteiger partial charge is 0.310 e. The van der Waals surface area contributed by atoms with Gasteiger partial charge in [-0.25, -0.2) is 4.98 Å². The molecule has 0 spiro atoms. The van der Waals surface area contributed by atoms with Crippen molar-refractivity contribution in [1.82, 2.24) is 9.88 Å². The van der Waals surface area contributed by atoms with Crippen LogP contribution < -0.4 is 4.74 Å². The molecule has 1 N–H and O–H groups in total. The molecule has 0 saturated carbocycles. The highest BCUT2D eigenvalue weighted by atomic mass is 16.5. The number of aromatic nitrogens is 1. The molecule has 1 aromatic heterocycles. The van der Waals surface area contributed by atoms with Crippen LogP contribution in [-0.2, 0) is 11.3 Å². The SMILES string of the molecule is CCC1(C(=O)O)CCCN(Cc2ccc(OC)nc2)C1. The summed E-state index contributed by atoms with van der Waals surface area (Å²) >= 11 is 0. The topological polar surface area (TPSA) is 62.7 Å². The van der Waals surface area contributed by atoms with Crippen LogP contribution in [0.4, 0.5) is 0 Å². The van der Waals surface area contributed by atoms with E-state index in [9.17, 15) is 9.90 Å². The van der Waals surface area contributed by atoms with E-state index in [2.05, 4.69) is 9.88 Å². The highest BCUT2D eigenvalue weighted by Gasteiger charge is 2.40. The van der Waals surface area contributed by atoms with Crippen LogP contribution in [0, 0.1) is 5.41 Å². The Balaban J connectivity index is 2.03. The number of carbonyl (C=O) groups is 1. The van der Waals surface area contributed by atoms with Crippen molar-refractivity contribution < 1.29 is 14.6 Å². The Kier molecular flexibility index (Phi) is 4.60. The first-order chi connectivity index (χ1) is 9.59. The van der Waals surface area contributed by atoms with E-state index in [0.29, 0.717) is 18.8 Å². The van der Waals surface area contributed by atoms with Gasteiger partial charge < -0.3 is 9.84 Å². The van der Waals surface area contributed by atoms with Crippen LogP contribution in [-0.4, -0.2) is 41.2 Å². The molecule has 0 aromatic carbocycles. The van der Waals surface area contributed by atoms with E-state index in [4.69, 9.17) is 4.74 Å². The maximum absolute atomic E-state index is 11.5. The van der Waals surface area contributed by atoms with Crippen molar-refractivity contribution in [2.45, 2.75) is 32.7 Å². The number of likely N-dealkylation sites (tertiary alicyclic amines) is 1. The number of methoxy groups -OCH3 is 1. The lowest BCUT2D eigenvalue weighted by Gasteiger charge is -2.39. The minimum atomic E-state index is -0.669. The van der Waals surface area contributed by atoms with Gasteiger partial charge in [-0.15, -0.1) is 0 Å². The van der Waals surface area contributed by atoms with E-state index in [1.54, 1.807) is 13.3 Å². The molecular formula is C15H22N2O3. The first-order valence-corrected chi connectivity index (χ1v) is 7.04. The van der Waals surface area contributed by atoms with Crippen molar-refractivity contribution >= 4 is 5.97 Å². The first-order valence-electron chi connectivity index (χ1n) is 7.04. The normalized spacial score (nSPS) is 23.5. The number of ether oxygens (including phenoxy) is 1. The average Bonchev–Trinajstić information content (AvgIpc) is 2.48. The summed E-state index contributed by atoms with van der Waals surface area (Å²) in [6.07, 6.45) is 4.18. The van der Waals surface area contributed by atoms with Crippen molar-refractivity contribution in [3.63, 3.8) is 0 Å². The van der Waals surface area contributed by atoms with Crippen LogP contribution in [0.2, 0.25) is 0 Å². The summed E-state index contributed by atoms with van der Waals surface area (Å²) in [7, 11) is 1.59. The summed E-state index contributed by atoms with van der Waals surface area (Å²) in [5.41, 5.74) is 0.501. The van der Waals surface area contributed by atoms with E-state index in [-0.39, 0.29) is 0 Å². The molecule has 20 heavy (non-hydrogen) atoms. The van der Waals surface area contributed by atoms with Crippen molar-refractivity contribution in [2.24, 2.45) is 5.41 Å². The molecule has 5 nitrogen and oxygen atoms in total. The van der Waals surface area contributed by atoms with Gasteiger partial charge >= 0.3 is 5.97 Å². The average molecular weight is 278 g/mol. The number of aliphatic carboxylic acids is 1. The van der Waals surface area contributed by atoms with Crippen LogP contribution in [0.3, 0.4) is 0 Å². The highest BCUT2D eigenvalue weighted by molar-refractivity contribution is 5.75. The third-order valence-electron chi connectivity index (χ3n) is 4.20. The zero-order chi connectivity index (χ0) is 14.6. The molecule has 0 aliphatic carbocycles. The lowest BCUT2D eigenvalue weighted by Crippen LogP contribution is -2.47. The van der Waals surface area contributed by atoms with Crippen LogP contribution >= 0.6 is 0 Å². The number of hydrogen-bond donors (Lipinski definition) is 1. The summed E-state index contributed by atoms with van der Waals surface area (Å²) in [5, 5.41) is 9.49. The van der Waals surface area contributed by atoms with Crippen LogP contribution in [0.15, 0.2) is 18.3 Å². The largest absolute Gasteiger partial charge is 0.481 e. The minimum Gasteiger partial charge on any atom is -0.481 e. The Bertz CT molecular complexity index is 461. The van der Waals surface area contributed by atoms with Crippen LogP contribution in [0.5, 0.6) is 5.88 Å². The summed E-state index contributed by atoms with van der Waals surface area (Å²) in [4.78, 5) is 17.9.